The summed E-state index contributed by atoms with van der Waals surface area (Å²) in [5.41, 5.74) is 14.8. The summed E-state index contributed by atoms with van der Waals surface area (Å²) >= 11 is 1.83. The lowest BCUT2D eigenvalue weighted by molar-refractivity contribution is 1.07. The summed E-state index contributed by atoms with van der Waals surface area (Å²) < 4.78 is 4.73. The largest absolute Gasteiger partial charge is 0.309 e. The van der Waals surface area contributed by atoms with E-state index in [-0.39, 0.29) is 0 Å². The molecule has 0 radical (unpaired) electrons. The van der Waals surface area contributed by atoms with Gasteiger partial charge in [0.1, 0.15) is 0 Å². The van der Waals surface area contributed by atoms with Crippen LogP contribution in [0.1, 0.15) is 0 Å². The topological polar surface area (TPSA) is 43.6 Å². The van der Waals surface area contributed by atoms with E-state index in [1.54, 1.807) is 0 Å². The highest BCUT2D eigenvalue weighted by Crippen LogP contribution is 2.49. The van der Waals surface area contributed by atoms with E-state index >= 15 is 0 Å². The van der Waals surface area contributed by atoms with Crippen molar-refractivity contribution in [1.29, 1.82) is 0 Å². The molecule has 3 aromatic heterocycles. The average Bonchev–Trinajstić information content (AvgIpc) is 3.97. The number of nitrogens with zero attached hydrogens (tertiary/aromatic N) is 4. The number of aromatic nitrogens is 4. The first-order valence-electron chi connectivity index (χ1n) is 22.8. The predicted molar refractivity (Wildman–Crippen MR) is 288 cm³/mol. The van der Waals surface area contributed by atoms with E-state index in [0.717, 1.165) is 77.9 Å². The van der Waals surface area contributed by atoms with Crippen molar-refractivity contribution in [3.63, 3.8) is 0 Å². The molecule has 0 unspecified atom stereocenters. The fraction of sp³-hybridized carbons (Fsp3) is 0. The lowest BCUT2D eigenvalue weighted by atomic mass is 9.85. The molecule has 3 heterocycles. The fourth-order valence-corrected chi connectivity index (χ4v) is 11.0. The van der Waals surface area contributed by atoms with Crippen molar-refractivity contribution in [3.05, 3.63) is 244 Å². The van der Waals surface area contributed by atoms with Gasteiger partial charge in [-0.1, -0.05) is 201 Å². The molecule has 5 heteroatoms. The molecule has 0 bridgehead atoms. The van der Waals surface area contributed by atoms with Crippen molar-refractivity contribution in [3.8, 4) is 78.7 Å². The minimum Gasteiger partial charge on any atom is -0.309 e. The molecule has 0 N–H and O–H groups in total. The number of thiophene rings is 1. The number of fused-ring (bicyclic) bond motifs is 7. The Morgan fingerprint density at radius 2 is 0.941 bits per heavy atom. The van der Waals surface area contributed by atoms with Crippen LogP contribution in [0.5, 0.6) is 0 Å². The third kappa shape index (κ3) is 6.96. The van der Waals surface area contributed by atoms with Gasteiger partial charge in [0.25, 0.3) is 0 Å². The molecule has 4 nitrogen and oxygen atoms in total. The van der Waals surface area contributed by atoms with Crippen LogP contribution < -0.4 is 0 Å². The van der Waals surface area contributed by atoms with Gasteiger partial charge in [-0.3, -0.25) is 0 Å². The lowest BCUT2D eigenvalue weighted by Gasteiger charge is -2.19. The second-order valence-electron chi connectivity index (χ2n) is 16.8. The van der Waals surface area contributed by atoms with Gasteiger partial charge < -0.3 is 4.57 Å². The van der Waals surface area contributed by atoms with Gasteiger partial charge in [0, 0.05) is 53.3 Å². The zero-order valence-corrected chi connectivity index (χ0v) is 37.9. The van der Waals surface area contributed by atoms with E-state index in [9.17, 15) is 0 Å². The maximum Gasteiger partial charge on any atom is 0.164 e. The third-order valence-corrected chi connectivity index (χ3v) is 13.9. The fourth-order valence-electron chi connectivity index (χ4n) is 9.85. The first-order chi connectivity index (χ1) is 33.7. The first kappa shape index (κ1) is 40.7. The molecule has 0 aliphatic heterocycles. The van der Waals surface area contributed by atoms with Crippen LogP contribution in [-0.2, 0) is 0 Å². The molecule has 9 aromatic carbocycles. The van der Waals surface area contributed by atoms with Crippen molar-refractivity contribution < 1.29 is 0 Å². The van der Waals surface area contributed by atoms with Crippen molar-refractivity contribution >= 4 is 59.0 Å². The maximum atomic E-state index is 5.41. The zero-order valence-electron chi connectivity index (χ0n) is 37.1. The van der Waals surface area contributed by atoms with E-state index in [1.165, 1.54) is 30.9 Å². The van der Waals surface area contributed by atoms with E-state index in [0.29, 0.717) is 17.5 Å². The number of rotatable bonds is 10. The summed E-state index contributed by atoms with van der Waals surface area (Å²) in [6.07, 6.45) is 5.76. The van der Waals surface area contributed by atoms with Crippen LogP contribution in [0.3, 0.4) is 0 Å². The normalized spacial score (nSPS) is 11.7. The van der Waals surface area contributed by atoms with Gasteiger partial charge in [0.05, 0.1) is 11.0 Å². The van der Waals surface area contributed by atoms with Crippen LogP contribution in [0.2, 0.25) is 0 Å². The van der Waals surface area contributed by atoms with Crippen molar-refractivity contribution in [2.24, 2.45) is 0 Å². The summed E-state index contributed by atoms with van der Waals surface area (Å²) in [4.78, 5) is 15.9. The second kappa shape index (κ2) is 17.2. The number of hydrogen-bond acceptors (Lipinski definition) is 4. The summed E-state index contributed by atoms with van der Waals surface area (Å²) in [5.74, 6) is 1.82. The molecule has 320 valence electrons. The van der Waals surface area contributed by atoms with Gasteiger partial charge in [0.2, 0.25) is 0 Å². The Morgan fingerprint density at radius 1 is 0.397 bits per heavy atom. The first-order valence-corrected chi connectivity index (χ1v) is 23.6. The Hall–Kier alpha value is -8.77. The van der Waals surface area contributed by atoms with Crippen LogP contribution in [0.15, 0.2) is 244 Å². The van der Waals surface area contributed by atoms with Crippen molar-refractivity contribution in [1.82, 2.24) is 19.5 Å². The van der Waals surface area contributed by atoms with Gasteiger partial charge >= 0.3 is 0 Å². The van der Waals surface area contributed by atoms with Gasteiger partial charge in [-0.2, -0.15) is 0 Å². The van der Waals surface area contributed by atoms with Crippen LogP contribution in [0.25, 0.3) is 126 Å². The average molecular weight is 887 g/mol. The third-order valence-electron chi connectivity index (χ3n) is 12.8. The van der Waals surface area contributed by atoms with Crippen molar-refractivity contribution in [2.45, 2.75) is 0 Å². The van der Waals surface area contributed by atoms with Gasteiger partial charge in [-0.15, -0.1) is 11.3 Å². The van der Waals surface area contributed by atoms with Gasteiger partial charge in [0.15, 0.2) is 17.5 Å². The van der Waals surface area contributed by atoms with Crippen LogP contribution >= 0.6 is 11.3 Å². The summed E-state index contributed by atoms with van der Waals surface area (Å²) in [6.45, 7) is 8.26. The predicted octanol–water partition coefficient (Wildman–Crippen LogP) is 17.2. The molecule has 0 saturated carbocycles. The summed E-state index contributed by atoms with van der Waals surface area (Å²) in [5, 5.41) is 4.79. The maximum absolute atomic E-state index is 5.41. The van der Waals surface area contributed by atoms with E-state index in [1.807, 2.05) is 66.0 Å². The van der Waals surface area contributed by atoms with Crippen LogP contribution in [0.4, 0.5) is 0 Å². The van der Waals surface area contributed by atoms with Gasteiger partial charge in [-0.05, 0) is 87.0 Å². The molecular formula is C63H42N4S. The van der Waals surface area contributed by atoms with E-state index < -0.39 is 0 Å². The second-order valence-corrected chi connectivity index (χ2v) is 17.8. The summed E-state index contributed by atoms with van der Waals surface area (Å²) in [6, 6.07) is 75.2. The van der Waals surface area contributed by atoms with Crippen molar-refractivity contribution in [2.75, 3.05) is 0 Å². The Bertz CT molecular complexity index is 3810. The molecule has 0 aliphatic carbocycles. The molecule has 0 saturated heterocycles. The Balaban J connectivity index is 1.20. The molecule has 0 amide bonds. The molecule has 0 atom stereocenters. The molecule has 0 spiro atoms. The highest BCUT2D eigenvalue weighted by atomic mass is 32.1. The smallest absolute Gasteiger partial charge is 0.164 e. The number of para-hydroxylation sites is 1. The number of benzene rings is 9. The highest BCUT2D eigenvalue weighted by molar-refractivity contribution is 7.26. The van der Waals surface area contributed by atoms with E-state index in [4.69, 9.17) is 15.0 Å². The van der Waals surface area contributed by atoms with Gasteiger partial charge in [-0.25, -0.2) is 15.0 Å². The Morgan fingerprint density at radius 3 is 1.56 bits per heavy atom. The van der Waals surface area contributed by atoms with E-state index in [2.05, 4.69) is 194 Å². The molecule has 0 fully saturated rings. The molecule has 12 rings (SSSR count). The molecule has 0 aliphatic rings. The molecule has 12 aromatic rings. The minimum absolute atomic E-state index is 0.594. The number of hydrogen-bond donors (Lipinski definition) is 0. The zero-order chi connectivity index (χ0) is 45.6. The molecule has 68 heavy (non-hydrogen) atoms. The van der Waals surface area contributed by atoms with Crippen LogP contribution in [-0.4, -0.2) is 19.5 Å². The quantitative estimate of drug-likeness (QED) is 0.129. The number of allylic oxidation sites excluding steroid dienone is 4. The Labute approximate surface area is 398 Å². The Kier molecular flexibility index (Phi) is 10.3. The SMILES string of the molecule is C=C/C=C(\C=C)n1c2ccccc2c2c3c(ccc21)sc1cccc(-c2ccc(-c4c(-c5ccccc5)cccc4-c4ccccc4)cc2-c2nc(-c4ccccc4)nc(-c4ccccc4)n2)c13. The minimum atomic E-state index is 0.594. The molecular weight excluding hydrogens is 845 g/mol. The lowest BCUT2D eigenvalue weighted by Crippen LogP contribution is -2.01. The van der Waals surface area contributed by atoms with Crippen LogP contribution in [0, 0.1) is 0 Å². The monoisotopic (exact) mass is 886 g/mol. The highest BCUT2D eigenvalue weighted by Gasteiger charge is 2.24. The summed E-state index contributed by atoms with van der Waals surface area (Å²) in [7, 11) is 0. The standard InChI is InChI=1S/C63H42N4S/c1-3-21-46(4-2)67-53-34-18-17-30-51(53)58-54(67)38-39-56-60(58)59-50(33-20-35-55(59)68-56)49-37-36-45(57-47(41-22-9-5-10-23-41)31-19-32-48(57)42-24-11-6-12-25-42)40-52(49)63-65-61(43-26-13-7-14-27-43)64-62(66-63)44-28-15-8-16-29-44/h3-40H,1-2H2/b46-21+.